The molecule has 0 aliphatic heterocycles. The molecule has 12 heteroatoms. The molecule has 3 rings (SSSR count). The second kappa shape index (κ2) is 9.61. The predicted molar refractivity (Wildman–Crippen MR) is 122 cm³/mol. The first-order valence-corrected chi connectivity index (χ1v) is 11.6. The van der Waals surface area contributed by atoms with E-state index in [-0.39, 0.29) is 27.2 Å². The van der Waals surface area contributed by atoms with E-state index < -0.39 is 27.6 Å². The number of amides is 2. The fourth-order valence-electron chi connectivity index (χ4n) is 2.76. The Balaban J connectivity index is 1.76. The Labute approximate surface area is 195 Å². The lowest BCUT2D eigenvalue weighted by Gasteiger charge is -2.21. The van der Waals surface area contributed by atoms with Crippen molar-refractivity contribution in [2.45, 2.75) is 24.8 Å². The molecule has 1 aromatic heterocycles. The van der Waals surface area contributed by atoms with Crippen LogP contribution in [0.25, 0.3) is 5.69 Å². The van der Waals surface area contributed by atoms with Gasteiger partial charge in [-0.15, -0.1) is 0 Å². The highest BCUT2D eigenvalue weighted by molar-refractivity contribution is 7.89. The zero-order valence-electron chi connectivity index (χ0n) is 18.0. The van der Waals surface area contributed by atoms with Gasteiger partial charge in [-0.1, -0.05) is 29.8 Å². The fraction of sp³-hybridized carbons (Fsp3) is 0.190. The molecule has 3 N–H and O–H groups in total. The van der Waals surface area contributed by atoms with Crippen LogP contribution >= 0.6 is 11.6 Å². The Bertz CT molecular complexity index is 1290. The lowest BCUT2D eigenvalue weighted by molar-refractivity contribution is 0.0842. The summed E-state index contributed by atoms with van der Waals surface area (Å²) < 4.78 is 27.9. The number of benzene rings is 2. The van der Waals surface area contributed by atoms with Crippen molar-refractivity contribution >= 4 is 33.4 Å². The third kappa shape index (κ3) is 5.16. The van der Waals surface area contributed by atoms with E-state index in [9.17, 15) is 23.1 Å². The van der Waals surface area contributed by atoms with Crippen LogP contribution in [-0.2, 0) is 10.0 Å². The predicted octanol–water partition coefficient (Wildman–Crippen LogP) is 2.33. The van der Waals surface area contributed by atoms with Crippen LogP contribution in [0.5, 0.6) is 5.75 Å². The molecule has 0 saturated heterocycles. The van der Waals surface area contributed by atoms with Crippen LogP contribution in [0.3, 0.4) is 0 Å². The van der Waals surface area contributed by atoms with Gasteiger partial charge < -0.3 is 5.11 Å². The third-order valence-corrected chi connectivity index (χ3v) is 7.17. The molecule has 174 valence electrons. The van der Waals surface area contributed by atoms with E-state index in [0.717, 1.165) is 10.4 Å². The van der Waals surface area contributed by atoms with Crippen molar-refractivity contribution in [3.63, 3.8) is 0 Å². The van der Waals surface area contributed by atoms with Crippen LogP contribution in [0.1, 0.15) is 34.7 Å². The van der Waals surface area contributed by atoms with E-state index in [0.29, 0.717) is 5.69 Å². The summed E-state index contributed by atoms with van der Waals surface area (Å²) in [5, 5.41) is 14.1. The van der Waals surface area contributed by atoms with Gasteiger partial charge in [-0.05, 0) is 44.2 Å². The Morgan fingerprint density at radius 2 is 1.73 bits per heavy atom. The standard InChI is InChI=1S/C21H22ClN5O5S/c1-13(2)26(3)33(31,32)15-9-10-17(22)16(11-15)20(29)23-24-21(30)19-18(28)12-27(25-19)14-7-5-4-6-8-14/h4-13,28H,1-3H3,(H,23,29)(H,24,30). The van der Waals surface area contributed by atoms with Crippen LogP contribution in [0.15, 0.2) is 59.6 Å². The maximum Gasteiger partial charge on any atom is 0.294 e. The van der Waals surface area contributed by atoms with Gasteiger partial charge in [-0.3, -0.25) is 20.4 Å². The first-order chi connectivity index (χ1) is 15.5. The summed E-state index contributed by atoms with van der Waals surface area (Å²) in [6.45, 7) is 3.43. The van der Waals surface area contributed by atoms with Crippen molar-refractivity contribution in [1.82, 2.24) is 24.9 Å². The molecule has 0 aliphatic rings. The summed E-state index contributed by atoms with van der Waals surface area (Å²) in [5.41, 5.74) is 4.43. The van der Waals surface area contributed by atoms with Crippen molar-refractivity contribution in [2.24, 2.45) is 0 Å². The lowest BCUT2D eigenvalue weighted by Crippen LogP contribution is -2.42. The Hall–Kier alpha value is -3.41. The van der Waals surface area contributed by atoms with Crippen LogP contribution in [0.2, 0.25) is 5.02 Å². The molecule has 0 unspecified atom stereocenters. The number of hydrogen-bond donors (Lipinski definition) is 3. The minimum atomic E-state index is -3.85. The minimum Gasteiger partial charge on any atom is -0.504 e. The number of aromatic nitrogens is 2. The highest BCUT2D eigenvalue weighted by Gasteiger charge is 2.25. The molecule has 0 aliphatic carbocycles. The third-order valence-electron chi connectivity index (χ3n) is 4.81. The number of rotatable bonds is 6. The van der Waals surface area contributed by atoms with Gasteiger partial charge in [0.1, 0.15) is 0 Å². The van der Waals surface area contributed by atoms with E-state index >= 15 is 0 Å². The average Bonchev–Trinajstić information content (AvgIpc) is 3.19. The number of nitrogens with zero attached hydrogens (tertiary/aromatic N) is 3. The molecule has 0 bridgehead atoms. The van der Waals surface area contributed by atoms with Gasteiger partial charge >= 0.3 is 0 Å². The monoisotopic (exact) mass is 491 g/mol. The Morgan fingerprint density at radius 3 is 2.36 bits per heavy atom. The van der Waals surface area contributed by atoms with Gasteiger partial charge in [-0.2, -0.15) is 9.40 Å². The van der Waals surface area contributed by atoms with Crippen molar-refractivity contribution < 1.29 is 23.1 Å². The van der Waals surface area contributed by atoms with E-state index in [4.69, 9.17) is 11.6 Å². The number of nitrogens with one attached hydrogen (secondary N) is 2. The first kappa shape index (κ1) is 24.2. The number of carbonyl (C=O) groups is 2. The van der Waals surface area contributed by atoms with E-state index in [1.54, 1.807) is 38.1 Å². The SMILES string of the molecule is CC(C)N(C)S(=O)(=O)c1ccc(Cl)c(C(=O)NNC(=O)c2nn(-c3ccccc3)cc2O)c1. The molecular weight excluding hydrogens is 470 g/mol. The number of hydrazine groups is 1. The van der Waals surface area contributed by atoms with E-state index in [2.05, 4.69) is 16.0 Å². The molecule has 33 heavy (non-hydrogen) atoms. The summed E-state index contributed by atoms with van der Waals surface area (Å²) in [4.78, 5) is 24.9. The van der Waals surface area contributed by atoms with Crippen molar-refractivity contribution in [3.8, 4) is 11.4 Å². The molecule has 1 heterocycles. The normalized spacial score (nSPS) is 11.6. The number of aromatic hydroxyl groups is 1. The molecule has 2 amide bonds. The average molecular weight is 492 g/mol. The second-order valence-corrected chi connectivity index (χ2v) is 9.71. The maximum atomic E-state index is 12.7. The largest absolute Gasteiger partial charge is 0.504 e. The highest BCUT2D eigenvalue weighted by atomic mass is 35.5. The summed E-state index contributed by atoms with van der Waals surface area (Å²) in [7, 11) is -2.43. The number of sulfonamides is 1. The van der Waals surface area contributed by atoms with Gasteiger partial charge in [0, 0.05) is 13.1 Å². The van der Waals surface area contributed by atoms with Crippen LogP contribution in [0.4, 0.5) is 0 Å². The zero-order valence-corrected chi connectivity index (χ0v) is 19.6. The number of halogens is 1. The molecule has 0 radical (unpaired) electrons. The van der Waals surface area contributed by atoms with Gasteiger partial charge in [0.2, 0.25) is 10.0 Å². The van der Waals surface area contributed by atoms with Crippen molar-refractivity contribution in [3.05, 3.63) is 71.0 Å². The summed E-state index contributed by atoms with van der Waals surface area (Å²) in [6, 6.07) is 12.2. The van der Waals surface area contributed by atoms with Crippen molar-refractivity contribution in [1.29, 1.82) is 0 Å². The quantitative estimate of drug-likeness (QED) is 0.453. The molecule has 0 fully saturated rings. The van der Waals surface area contributed by atoms with Gasteiger partial charge in [0.25, 0.3) is 11.8 Å². The Morgan fingerprint density at radius 1 is 1.09 bits per heavy atom. The summed E-state index contributed by atoms with van der Waals surface area (Å²) in [6.07, 6.45) is 1.25. The topological polar surface area (TPSA) is 134 Å². The molecule has 0 saturated carbocycles. The number of para-hydroxylation sites is 1. The minimum absolute atomic E-state index is 0.0101. The molecular formula is C21H22ClN5O5S. The van der Waals surface area contributed by atoms with Crippen LogP contribution in [-0.4, -0.2) is 52.5 Å². The first-order valence-electron chi connectivity index (χ1n) is 9.74. The van der Waals surface area contributed by atoms with Gasteiger partial charge in [-0.25, -0.2) is 13.1 Å². The maximum absolute atomic E-state index is 12.7. The Kier molecular flexibility index (Phi) is 7.06. The lowest BCUT2D eigenvalue weighted by atomic mass is 10.2. The number of carbonyl (C=O) groups excluding carboxylic acids is 2. The highest BCUT2D eigenvalue weighted by Crippen LogP contribution is 2.23. The summed E-state index contributed by atoms with van der Waals surface area (Å²) >= 11 is 6.07. The van der Waals surface area contributed by atoms with Crippen molar-refractivity contribution in [2.75, 3.05) is 7.05 Å². The molecule has 10 nitrogen and oxygen atoms in total. The smallest absolute Gasteiger partial charge is 0.294 e. The van der Waals surface area contributed by atoms with Gasteiger partial charge in [0.05, 0.1) is 27.4 Å². The molecule has 3 aromatic rings. The fourth-order valence-corrected chi connectivity index (χ4v) is 4.36. The second-order valence-electron chi connectivity index (χ2n) is 7.31. The van der Waals surface area contributed by atoms with E-state index in [1.807, 2.05) is 6.07 Å². The molecule has 0 spiro atoms. The van der Waals surface area contributed by atoms with Crippen LogP contribution < -0.4 is 10.9 Å². The summed E-state index contributed by atoms with van der Waals surface area (Å²) in [5.74, 6) is -2.12. The van der Waals surface area contributed by atoms with E-state index in [1.165, 1.54) is 30.1 Å². The molecule has 2 aromatic carbocycles. The number of hydrogen-bond acceptors (Lipinski definition) is 6. The zero-order chi connectivity index (χ0) is 24.3. The van der Waals surface area contributed by atoms with Gasteiger partial charge in [0.15, 0.2) is 11.4 Å². The van der Waals surface area contributed by atoms with Crippen LogP contribution in [0, 0.1) is 0 Å². The molecule has 0 atom stereocenters.